The SMILES string of the molecule is Cc1nn(-c2cc(-n3nc(C)c(N=Nc4c(C(N)=O)cnn4C)c3N)ncn2)c(N)c1N=Nc1c(C(N)=O)cnn1C. The van der Waals surface area contributed by atoms with Crippen molar-refractivity contribution < 1.29 is 9.59 Å². The Morgan fingerprint density at radius 1 is 0.714 bits per heavy atom. The van der Waals surface area contributed by atoms with E-state index >= 15 is 0 Å². The molecule has 20 heteroatoms. The van der Waals surface area contributed by atoms with Gasteiger partial charge in [0.05, 0.1) is 23.8 Å². The van der Waals surface area contributed by atoms with Gasteiger partial charge < -0.3 is 22.9 Å². The molecule has 214 valence electrons. The number of amides is 2. The highest BCUT2D eigenvalue weighted by molar-refractivity contribution is 5.97. The van der Waals surface area contributed by atoms with Gasteiger partial charge in [0.2, 0.25) is 0 Å². The zero-order valence-corrected chi connectivity index (χ0v) is 22.7. The first-order chi connectivity index (χ1) is 20.0. The molecule has 0 aromatic carbocycles. The Morgan fingerprint density at radius 3 is 1.50 bits per heavy atom. The van der Waals surface area contributed by atoms with Gasteiger partial charge in [-0.05, 0) is 13.8 Å². The number of anilines is 2. The van der Waals surface area contributed by atoms with Gasteiger partial charge in [0.15, 0.2) is 46.3 Å². The second kappa shape index (κ2) is 10.3. The van der Waals surface area contributed by atoms with Crippen LogP contribution in [0.2, 0.25) is 0 Å². The van der Waals surface area contributed by atoms with Crippen LogP contribution in [0.25, 0.3) is 11.6 Å². The summed E-state index contributed by atoms with van der Waals surface area (Å²) in [6.45, 7) is 3.36. The third-order valence-corrected chi connectivity index (χ3v) is 6.03. The monoisotopic (exact) mass is 572 g/mol. The normalized spacial score (nSPS) is 11.7. The molecule has 0 aliphatic heterocycles. The number of azo groups is 2. The van der Waals surface area contributed by atoms with E-state index in [2.05, 4.69) is 50.8 Å². The van der Waals surface area contributed by atoms with Crippen LogP contribution in [0.15, 0.2) is 45.2 Å². The number of nitrogen functional groups attached to an aromatic ring is 2. The van der Waals surface area contributed by atoms with Crippen molar-refractivity contribution in [1.82, 2.24) is 49.1 Å². The molecule has 0 atom stereocenters. The van der Waals surface area contributed by atoms with E-state index in [0.29, 0.717) is 11.4 Å². The fourth-order valence-electron chi connectivity index (χ4n) is 3.88. The Balaban J connectivity index is 1.48. The van der Waals surface area contributed by atoms with Gasteiger partial charge in [-0.2, -0.15) is 29.8 Å². The van der Waals surface area contributed by atoms with E-state index in [1.165, 1.54) is 37.4 Å². The van der Waals surface area contributed by atoms with Gasteiger partial charge in [-0.15, -0.1) is 20.5 Å². The Labute approximate surface area is 235 Å². The van der Waals surface area contributed by atoms with Crippen molar-refractivity contribution in [3.8, 4) is 11.6 Å². The first kappa shape index (κ1) is 27.2. The molecule has 0 aliphatic carbocycles. The lowest BCUT2D eigenvalue weighted by molar-refractivity contribution is 0.0992. The van der Waals surface area contributed by atoms with E-state index in [9.17, 15) is 9.59 Å². The van der Waals surface area contributed by atoms with Crippen LogP contribution < -0.4 is 22.9 Å². The summed E-state index contributed by atoms with van der Waals surface area (Å²) in [5.41, 5.74) is 25.0. The maximum Gasteiger partial charge on any atom is 0.254 e. The summed E-state index contributed by atoms with van der Waals surface area (Å²) in [4.78, 5) is 31.9. The van der Waals surface area contributed by atoms with Crippen molar-refractivity contribution in [1.29, 1.82) is 0 Å². The minimum Gasteiger partial charge on any atom is -0.382 e. The molecule has 42 heavy (non-hydrogen) atoms. The summed E-state index contributed by atoms with van der Waals surface area (Å²) < 4.78 is 5.39. The van der Waals surface area contributed by atoms with Crippen molar-refractivity contribution in [2.45, 2.75) is 13.8 Å². The van der Waals surface area contributed by atoms with Crippen molar-refractivity contribution in [3.05, 3.63) is 47.3 Å². The van der Waals surface area contributed by atoms with Crippen LogP contribution in [0.4, 0.5) is 34.6 Å². The van der Waals surface area contributed by atoms with Crippen molar-refractivity contribution >= 4 is 46.5 Å². The number of aromatic nitrogens is 10. The number of nitrogens with two attached hydrogens (primary N) is 4. The number of hydrogen-bond donors (Lipinski definition) is 4. The molecule has 0 fully saturated rings. The van der Waals surface area contributed by atoms with Gasteiger partial charge in [0, 0.05) is 20.2 Å². The third-order valence-electron chi connectivity index (χ3n) is 6.03. The molecule has 0 saturated carbocycles. The number of carbonyl (C=O) groups excluding carboxylic acids is 2. The van der Waals surface area contributed by atoms with Crippen molar-refractivity contribution in [2.75, 3.05) is 11.5 Å². The first-order valence-electron chi connectivity index (χ1n) is 12.0. The quantitative estimate of drug-likeness (QED) is 0.192. The zero-order chi connectivity index (χ0) is 30.3. The first-order valence-corrected chi connectivity index (χ1v) is 12.0. The molecule has 0 saturated heterocycles. The highest BCUT2D eigenvalue weighted by atomic mass is 16.1. The number of primary amides is 2. The van der Waals surface area contributed by atoms with Crippen LogP contribution in [0, 0.1) is 13.8 Å². The van der Waals surface area contributed by atoms with Crippen LogP contribution in [0.5, 0.6) is 0 Å². The second-order valence-corrected chi connectivity index (χ2v) is 8.84. The summed E-state index contributed by atoms with van der Waals surface area (Å²) in [6, 6.07) is 1.55. The predicted octanol–water partition coefficient (Wildman–Crippen LogP) is 1.12. The molecule has 20 nitrogen and oxygen atoms in total. The summed E-state index contributed by atoms with van der Waals surface area (Å²) in [7, 11) is 3.19. The van der Waals surface area contributed by atoms with Crippen LogP contribution >= 0.6 is 0 Å². The third kappa shape index (κ3) is 4.67. The lowest BCUT2D eigenvalue weighted by Gasteiger charge is -2.06. The highest BCUT2D eigenvalue weighted by Crippen LogP contribution is 2.33. The average Bonchev–Trinajstić information content (AvgIpc) is 3.66. The number of carbonyl (C=O) groups is 2. The van der Waals surface area contributed by atoms with E-state index in [4.69, 9.17) is 22.9 Å². The van der Waals surface area contributed by atoms with Gasteiger partial charge >= 0.3 is 0 Å². The van der Waals surface area contributed by atoms with Gasteiger partial charge in [0.1, 0.15) is 17.5 Å². The van der Waals surface area contributed by atoms with E-state index in [-0.39, 0.29) is 57.4 Å². The summed E-state index contributed by atoms with van der Waals surface area (Å²) >= 11 is 0. The topological polar surface area (TPSA) is 285 Å². The Hall–Kier alpha value is -6.34. The van der Waals surface area contributed by atoms with Gasteiger partial charge in [-0.25, -0.2) is 19.3 Å². The molecule has 0 unspecified atom stereocenters. The average molecular weight is 573 g/mol. The largest absolute Gasteiger partial charge is 0.382 e. The fourth-order valence-corrected chi connectivity index (χ4v) is 3.88. The number of hydrogen-bond acceptors (Lipinski definition) is 14. The minimum absolute atomic E-state index is 0.102. The molecular formula is C22H24N18O2. The Kier molecular flexibility index (Phi) is 6.70. The van der Waals surface area contributed by atoms with Gasteiger partial charge in [-0.1, -0.05) is 0 Å². The van der Waals surface area contributed by atoms with Crippen LogP contribution in [0.3, 0.4) is 0 Å². The number of rotatable bonds is 8. The smallest absolute Gasteiger partial charge is 0.254 e. The van der Waals surface area contributed by atoms with Gasteiger partial charge in [-0.3, -0.25) is 9.59 Å². The fraction of sp³-hybridized carbons (Fsp3) is 0.182. The Morgan fingerprint density at radius 2 is 1.12 bits per heavy atom. The standard InChI is InChI=1S/C22H24N18O2/c1-9-15(31-33-21-11(19(25)41)6-29-37(21)3)17(23)39(35-9)13-5-14(28-8-27-13)40-18(24)16(10(2)36-40)32-34-22-12(20(26)42)7-30-38(22)4/h5-8H,23-24H2,1-4H3,(H2,25,41)(H2,26,42). The molecular weight excluding hydrogens is 548 g/mol. The van der Waals surface area contributed by atoms with Crippen LogP contribution in [-0.2, 0) is 14.1 Å². The zero-order valence-electron chi connectivity index (χ0n) is 22.7. The number of aryl methyl sites for hydroxylation is 4. The molecule has 2 amide bonds. The maximum absolute atomic E-state index is 11.7. The van der Waals surface area contributed by atoms with E-state index in [1.807, 2.05) is 0 Å². The maximum atomic E-state index is 11.7. The minimum atomic E-state index is -0.698. The summed E-state index contributed by atoms with van der Waals surface area (Å²) in [5, 5.41) is 33.4. The molecule has 0 spiro atoms. The Bertz CT molecular complexity index is 1790. The highest BCUT2D eigenvalue weighted by Gasteiger charge is 2.20. The lowest BCUT2D eigenvalue weighted by Crippen LogP contribution is -2.10. The molecule has 5 aromatic rings. The second-order valence-electron chi connectivity index (χ2n) is 8.84. The lowest BCUT2D eigenvalue weighted by atomic mass is 10.3. The van der Waals surface area contributed by atoms with E-state index in [0.717, 1.165) is 0 Å². The molecule has 0 aliphatic rings. The summed E-state index contributed by atoms with van der Waals surface area (Å²) in [6.07, 6.45) is 3.88. The van der Waals surface area contributed by atoms with Gasteiger partial charge in [0.25, 0.3) is 11.8 Å². The summed E-state index contributed by atoms with van der Waals surface area (Å²) in [5.74, 6) is -0.301. The number of nitrogens with zero attached hydrogens (tertiary/aromatic N) is 14. The molecule has 8 N–H and O–H groups in total. The van der Waals surface area contributed by atoms with Crippen LogP contribution in [-0.4, -0.2) is 60.9 Å². The molecule has 5 aromatic heterocycles. The molecule has 5 heterocycles. The van der Waals surface area contributed by atoms with Crippen molar-refractivity contribution in [3.63, 3.8) is 0 Å². The van der Waals surface area contributed by atoms with E-state index in [1.54, 1.807) is 34.0 Å². The van der Waals surface area contributed by atoms with E-state index < -0.39 is 11.8 Å². The molecule has 0 radical (unpaired) electrons. The van der Waals surface area contributed by atoms with Crippen LogP contribution in [0.1, 0.15) is 32.1 Å². The van der Waals surface area contributed by atoms with Crippen molar-refractivity contribution in [2.24, 2.45) is 46.0 Å². The molecule has 5 rings (SSSR count). The molecule has 0 bridgehead atoms. The predicted molar refractivity (Wildman–Crippen MR) is 146 cm³/mol.